The molecule has 0 aliphatic carbocycles. The summed E-state index contributed by atoms with van der Waals surface area (Å²) in [6.45, 7) is 2.27. The van der Waals surface area contributed by atoms with Crippen molar-refractivity contribution < 1.29 is 9.53 Å². The van der Waals surface area contributed by atoms with Crippen LogP contribution in [0.25, 0.3) is 5.65 Å². The summed E-state index contributed by atoms with van der Waals surface area (Å²) in [4.78, 5) is 16.6. The standard InChI is InChI=1S/C16H16N4O2/c1-11-9-13(19-15-7-8-18-20(11)15)16(21)17-10-12-5-3-4-6-14(12)22-2/h3-9H,10H2,1-2H3,(H,17,21). The largest absolute Gasteiger partial charge is 0.496 e. The van der Waals surface area contributed by atoms with Crippen molar-refractivity contribution in [2.45, 2.75) is 13.5 Å². The highest BCUT2D eigenvalue weighted by Gasteiger charge is 2.11. The zero-order valence-electron chi connectivity index (χ0n) is 12.4. The van der Waals surface area contributed by atoms with Gasteiger partial charge in [-0.1, -0.05) is 18.2 Å². The molecule has 112 valence electrons. The van der Waals surface area contributed by atoms with E-state index in [9.17, 15) is 4.79 Å². The highest BCUT2D eigenvalue weighted by molar-refractivity contribution is 5.92. The number of aromatic nitrogens is 3. The van der Waals surface area contributed by atoms with Crippen molar-refractivity contribution in [2.24, 2.45) is 0 Å². The third kappa shape index (κ3) is 2.63. The van der Waals surface area contributed by atoms with Gasteiger partial charge in [0.2, 0.25) is 0 Å². The first-order valence-electron chi connectivity index (χ1n) is 6.90. The van der Waals surface area contributed by atoms with Crippen LogP contribution in [0.4, 0.5) is 0 Å². The number of hydrogen-bond acceptors (Lipinski definition) is 4. The minimum Gasteiger partial charge on any atom is -0.496 e. The van der Waals surface area contributed by atoms with Gasteiger partial charge in [-0.2, -0.15) is 5.10 Å². The summed E-state index contributed by atoms with van der Waals surface area (Å²) in [5.74, 6) is 0.524. The molecule has 0 aliphatic rings. The predicted octanol–water partition coefficient (Wildman–Crippen LogP) is 1.98. The van der Waals surface area contributed by atoms with E-state index in [1.54, 1.807) is 30.0 Å². The molecule has 0 bridgehead atoms. The van der Waals surface area contributed by atoms with E-state index in [0.717, 1.165) is 17.0 Å². The summed E-state index contributed by atoms with van der Waals surface area (Å²) in [6, 6.07) is 11.1. The molecular formula is C16H16N4O2. The van der Waals surface area contributed by atoms with Gasteiger partial charge in [-0.15, -0.1) is 0 Å². The van der Waals surface area contributed by atoms with Gasteiger partial charge in [0.1, 0.15) is 11.4 Å². The van der Waals surface area contributed by atoms with Crippen LogP contribution in [0.1, 0.15) is 21.7 Å². The Morgan fingerprint density at radius 3 is 2.95 bits per heavy atom. The van der Waals surface area contributed by atoms with Crippen molar-refractivity contribution in [3.8, 4) is 5.75 Å². The maximum Gasteiger partial charge on any atom is 0.270 e. The molecular weight excluding hydrogens is 280 g/mol. The molecule has 3 aromatic rings. The number of benzene rings is 1. The SMILES string of the molecule is COc1ccccc1CNC(=O)c1cc(C)n2nccc2n1. The topological polar surface area (TPSA) is 68.5 Å². The van der Waals surface area contributed by atoms with E-state index in [0.29, 0.717) is 17.9 Å². The number of para-hydroxylation sites is 1. The summed E-state index contributed by atoms with van der Waals surface area (Å²) in [5, 5.41) is 7.00. The molecule has 0 aliphatic heterocycles. The van der Waals surface area contributed by atoms with E-state index in [1.165, 1.54) is 0 Å². The number of nitrogens with zero attached hydrogens (tertiary/aromatic N) is 3. The molecule has 0 spiro atoms. The van der Waals surface area contributed by atoms with E-state index in [1.807, 2.05) is 31.2 Å². The Kier molecular flexibility index (Phi) is 3.74. The average molecular weight is 296 g/mol. The number of carbonyl (C=O) groups is 1. The lowest BCUT2D eigenvalue weighted by Crippen LogP contribution is -2.24. The van der Waals surface area contributed by atoms with Crippen LogP contribution in [0, 0.1) is 6.92 Å². The highest BCUT2D eigenvalue weighted by Crippen LogP contribution is 2.17. The minimum absolute atomic E-state index is 0.224. The van der Waals surface area contributed by atoms with Gasteiger partial charge in [0.25, 0.3) is 5.91 Å². The van der Waals surface area contributed by atoms with Crippen molar-refractivity contribution >= 4 is 11.6 Å². The molecule has 3 rings (SSSR count). The van der Waals surface area contributed by atoms with E-state index >= 15 is 0 Å². The van der Waals surface area contributed by atoms with Crippen molar-refractivity contribution in [3.05, 3.63) is 59.5 Å². The summed E-state index contributed by atoms with van der Waals surface area (Å²) in [7, 11) is 1.61. The maximum atomic E-state index is 12.3. The number of ether oxygens (including phenoxy) is 1. The van der Waals surface area contributed by atoms with Crippen LogP contribution in [0.5, 0.6) is 5.75 Å². The first kappa shape index (κ1) is 14.1. The fraction of sp³-hybridized carbons (Fsp3) is 0.188. The highest BCUT2D eigenvalue weighted by atomic mass is 16.5. The number of amides is 1. The summed E-state index contributed by atoms with van der Waals surface area (Å²) in [5.41, 5.74) is 2.81. The smallest absolute Gasteiger partial charge is 0.270 e. The Balaban J connectivity index is 1.78. The Bertz CT molecular complexity index is 826. The zero-order valence-corrected chi connectivity index (χ0v) is 12.4. The third-order valence-electron chi connectivity index (χ3n) is 3.40. The number of fused-ring (bicyclic) bond motifs is 1. The second kappa shape index (κ2) is 5.85. The van der Waals surface area contributed by atoms with E-state index in [2.05, 4.69) is 15.4 Å². The minimum atomic E-state index is -0.224. The van der Waals surface area contributed by atoms with Crippen molar-refractivity contribution in [1.29, 1.82) is 0 Å². The monoisotopic (exact) mass is 296 g/mol. The number of methoxy groups -OCH3 is 1. The molecule has 2 heterocycles. The van der Waals surface area contributed by atoms with Crippen LogP contribution in [-0.4, -0.2) is 27.6 Å². The third-order valence-corrected chi connectivity index (χ3v) is 3.40. The van der Waals surface area contributed by atoms with Crippen LogP contribution in [0.15, 0.2) is 42.6 Å². The molecule has 0 fully saturated rings. The molecule has 1 N–H and O–H groups in total. The summed E-state index contributed by atoms with van der Waals surface area (Å²) < 4.78 is 6.96. The summed E-state index contributed by atoms with van der Waals surface area (Å²) in [6.07, 6.45) is 1.66. The van der Waals surface area contributed by atoms with E-state index < -0.39 is 0 Å². The van der Waals surface area contributed by atoms with E-state index in [-0.39, 0.29) is 5.91 Å². The Morgan fingerprint density at radius 2 is 2.14 bits per heavy atom. The molecule has 0 saturated carbocycles. The molecule has 22 heavy (non-hydrogen) atoms. The normalized spacial score (nSPS) is 10.6. The average Bonchev–Trinajstić information content (AvgIpc) is 3.02. The fourth-order valence-electron chi connectivity index (χ4n) is 2.30. The Morgan fingerprint density at radius 1 is 1.32 bits per heavy atom. The lowest BCUT2D eigenvalue weighted by molar-refractivity contribution is 0.0945. The number of nitrogens with one attached hydrogen (secondary N) is 1. The van der Waals surface area contributed by atoms with Gasteiger partial charge < -0.3 is 10.1 Å². The number of hydrogen-bond donors (Lipinski definition) is 1. The van der Waals surface area contributed by atoms with Crippen LogP contribution in [0.3, 0.4) is 0 Å². The maximum absolute atomic E-state index is 12.3. The molecule has 0 atom stereocenters. The number of rotatable bonds is 4. The van der Waals surface area contributed by atoms with Crippen molar-refractivity contribution in [2.75, 3.05) is 7.11 Å². The molecule has 2 aromatic heterocycles. The first-order chi connectivity index (χ1) is 10.7. The van der Waals surface area contributed by atoms with Crippen molar-refractivity contribution in [1.82, 2.24) is 19.9 Å². The molecule has 1 aromatic carbocycles. The molecule has 0 unspecified atom stereocenters. The van der Waals surface area contributed by atoms with Gasteiger partial charge in [-0.3, -0.25) is 4.79 Å². The van der Waals surface area contributed by atoms with Gasteiger partial charge in [0.15, 0.2) is 5.65 Å². The second-order valence-corrected chi connectivity index (χ2v) is 4.88. The van der Waals surface area contributed by atoms with Gasteiger partial charge in [-0.05, 0) is 19.1 Å². The predicted molar refractivity (Wildman–Crippen MR) is 81.9 cm³/mol. The molecule has 6 heteroatoms. The number of carbonyl (C=O) groups excluding carboxylic acids is 1. The Labute approximate surface area is 127 Å². The zero-order chi connectivity index (χ0) is 15.5. The lowest BCUT2D eigenvalue weighted by atomic mass is 10.2. The molecule has 0 radical (unpaired) electrons. The summed E-state index contributed by atoms with van der Waals surface area (Å²) >= 11 is 0. The van der Waals surface area contributed by atoms with Crippen LogP contribution < -0.4 is 10.1 Å². The Hall–Kier alpha value is -2.89. The van der Waals surface area contributed by atoms with Gasteiger partial charge in [0.05, 0.1) is 13.3 Å². The molecule has 6 nitrogen and oxygen atoms in total. The van der Waals surface area contributed by atoms with Gasteiger partial charge >= 0.3 is 0 Å². The fourth-order valence-corrected chi connectivity index (χ4v) is 2.30. The molecule has 1 amide bonds. The quantitative estimate of drug-likeness (QED) is 0.799. The van der Waals surface area contributed by atoms with Gasteiger partial charge in [-0.25, -0.2) is 9.50 Å². The molecule has 0 saturated heterocycles. The van der Waals surface area contributed by atoms with E-state index in [4.69, 9.17) is 4.74 Å². The number of aryl methyl sites for hydroxylation is 1. The van der Waals surface area contributed by atoms with Gasteiger partial charge in [0, 0.05) is 23.9 Å². The van der Waals surface area contributed by atoms with Crippen LogP contribution in [-0.2, 0) is 6.54 Å². The van der Waals surface area contributed by atoms with Crippen molar-refractivity contribution in [3.63, 3.8) is 0 Å². The second-order valence-electron chi connectivity index (χ2n) is 4.88. The van der Waals surface area contributed by atoms with Crippen LogP contribution in [0.2, 0.25) is 0 Å². The van der Waals surface area contributed by atoms with Crippen LogP contribution >= 0.6 is 0 Å². The first-order valence-corrected chi connectivity index (χ1v) is 6.90. The lowest BCUT2D eigenvalue weighted by Gasteiger charge is -2.10.